The first-order chi connectivity index (χ1) is 15.6. The zero-order chi connectivity index (χ0) is 23.8. The van der Waals surface area contributed by atoms with Crippen molar-refractivity contribution < 1.29 is 22.7 Å². The second-order valence-electron chi connectivity index (χ2n) is 7.67. The van der Waals surface area contributed by atoms with Crippen LogP contribution >= 0.6 is 11.3 Å². The van der Waals surface area contributed by atoms with Crippen LogP contribution in [0.5, 0.6) is 5.75 Å². The van der Waals surface area contributed by atoms with Crippen LogP contribution in [0.25, 0.3) is 10.6 Å². The van der Waals surface area contributed by atoms with E-state index in [0.717, 1.165) is 27.8 Å². The molecule has 1 fully saturated rings. The number of hydrogen-bond acceptors (Lipinski definition) is 8. The molecule has 1 saturated heterocycles. The number of carbonyl (C=O) groups excluding carboxylic acids is 1. The molecule has 174 valence electrons. The highest BCUT2D eigenvalue weighted by atomic mass is 32.1. The molecule has 1 aromatic carbocycles. The Labute approximate surface area is 191 Å². The first-order valence-electron chi connectivity index (χ1n) is 10.0. The van der Waals surface area contributed by atoms with Crippen molar-refractivity contribution in [2.45, 2.75) is 32.3 Å². The molecule has 1 aliphatic rings. The Bertz CT molecular complexity index is 1150. The van der Waals surface area contributed by atoms with E-state index in [0.29, 0.717) is 23.4 Å². The van der Waals surface area contributed by atoms with Gasteiger partial charge in [0.15, 0.2) is 6.23 Å². The molecule has 0 saturated carbocycles. The number of thiazole rings is 1. The van der Waals surface area contributed by atoms with Gasteiger partial charge in [-0.3, -0.25) is 4.79 Å². The van der Waals surface area contributed by atoms with Gasteiger partial charge in [-0.1, -0.05) is 0 Å². The molecule has 33 heavy (non-hydrogen) atoms. The smallest absolute Gasteiger partial charge is 0.451 e. The number of likely N-dealkylation sites (N-methyl/N-ethyl adjacent to an activating group) is 1. The Morgan fingerprint density at radius 2 is 1.94 bits per heavy atom. The average molecular weight is 479 g/mol. The van der Waals surface area contributed by atoms with Crippen molar-refractivity contribution in [3.63, 3.8) is 0 Å². The lowest BCUT2D eigenvalue weighted by atomic mass is 10.1. The van der Waals surface area contributed by atoms with Crippen LogP contribution in [0.2, 0.25) is 0 Å². The van der Waals surface area contributed by atoms with Crippen LogP contribution in [0, 0.1) is 6.92 Å². The van der Waals surface area contributed by atoms with Crippen molar-refractivity contribution in [3.05, 3.63) is 58.6 Å². The summed E-state index contributed by atoms with van der Waals surface area (Å²) in [5, 5.41) is 5.39. The number of aromatic nitrogens is 3. The van der Waals surface area contributed by atoms with Crippen molar-refractivity contribution in [2.75, 3.05) is 13.6 Å². The van der Waals surface area contributed by atoms with Gasteiger partial charge in [0.25, 0.3) is 5.91 Å². The zero-order valence-corrected chi connectivity index (χ0v) is 18.8. The fourth-order valence-electron chi connectivity index (χ4n) is 3.18. The quantitative estimate of drug-likeness (QED) is 0.560. The van der Waals surface area contributed by atoms with Gasteiger partial charge in [-0.2, -0.15) is 13.2 Å². The molecular formula is C21H21F3N6O2S. The highest BCUT2D eigenvalue weighted by molar-refractivity contribution is 7.14. The Morgan fingerprint density at radius 1 is 1.24 bits per heavy atom. The molecular weight excluding hydrogens is 457 g/mol. The van der Waals surface area contributed by atoms with Gasteiger partial charge in [0.2, 0.25) is 5.82 Å². The second-order valence-corrected chi connectivity index (χ2v) is 8.91. The van der Waals surface area contributed by atoms with Crippen molar-refractivity contribution >= 4 is 17.2 Å². The lowest BCUT2D eigenvalue weighted by Gasteiger charge is -2.37. The van der Waals surface area contributed by atoms with Gasteiger partial charge < -0.3 is 10.1 Å². The fraction of sp³-hybridized carbons (Fsp3) is 0.333. The number of ether oxygens (including phenoxy) is 1. The summed E-state index contributed by atoms with van der Waals surface area (Å²) in [7, 11) is 1.89. The van der Waals surface area contributed by atoms with Gasteiger partial charge in [0.05, 0.1) is 12.6 Å². The first kappa shape index (κ1) is 23.1. The van der Waals surface area contributed by atoms with Gasteiger partial charge >= 0.3 is 6.18 Å². The third-order valence-electron chi connectivity index (χ3n) is 4.89. The van der Waals surface area contributed by atoms with E-state index in [1.165, 1.54) is 11.3 Å². The number of nitrogens with one attached hydrogen (secondary N) is 2. The summed E-state index contributed by atoms with van der Waals surface area (Å²) in [4.78, 5) is 25.1. The summed E-state index contributed by atoms with van der Waals surface area (Å²) < 4.78 is 44.0. The minimum Gasteiger partial charge on any atom is -0.473 e. The molecule has 12 heteroatoms. The predicted molar refractivity (Wildman–Crippen MR) is 115 cm³/mol. The van der Waals surface area contributed by atoms with E-state index < -0.39 is 23.9 Å². The van der Waals surface area contributed by atoms with E-state index in [1.807, 2.05) is 25.0 Å². The summed E-state index contributed by atoms with van der Waals surface area (Å²) in [5.41, 5.74) is 4.49. The van der Waals surface area contributed by atoms with Crippen molar-refractivity contribution in [2.24, 2.45) is 0 Å². The molecule has 1 amide bonds. The van der Waals surface area contributed by atoms with Crippen molar-refractivity contribution in [1.82, 2.24) is 30.7 Å². The number of carbonyl (C=O) groups is 1. The molecule has 8 nitrogen and oxygen atoms in total. The van der Waals surface area contributed by atoms with E-state index in [1.54, 1.807) is 25.3 Å². The van der Waals surface area contributed by atoms with Gasteiger partial charge in [-0.15, -0.1) is 11.3 Å². The fourth-order valence-corrected chi connectivity index (χ4v) is 3.94. The highest BCUT2D eigenvalue weighted by Crippen LogP contribution is 2.31. The van der Waals surface area contributed by atoms with Gasteiger partial charge in [0.1, 0.15) is 10.8 Å². The van der Waals surface area contributed by atoms with Crippen LogP contribution in [-0.4, -0.2) is 45.7 Å². The normalized spacial score (nSPS) is 17.3. The number of rotatable bonds is 6. The molecule has 4 rings (SSSR count). The largest absolute Gasteiger partial charge is 0.473 e. The van der Waals surface area contributed by atoms with E-state index >= 15 is 0 Å². The maximum Gasteiger partial charge on any atom is 0.451 e. The lowest BCUT2D eigenvalue weighted by molar-refractivity contribution is -0.145. The maximum absolute atomic E-state index is 13.0. The molecule has 2 aromatic heterocycles. The molecule has 2 N–H and O–H groups in total. The minimum absolute atomic E-state index is 0.206. The van der Waals surface area contributed by atoms with Crippen LogP contribution < -0.4 is 15.5 Å². The Balaban J connectivity index is 1.55. The molecule has 0 bridgehead atoms. The third-order valence-corrected chi connectivity index (χ3v) is 5.85. The van der Waals surface area contributed by atoms with Crippen molar-refractivity contribution in [3.8, 4) is 16.3 Å². The lowest BCUT2D eigenvalue weighted by Crippen LogP contribution is -2.62. The van der Waals surface area contributed by atoms with Crippen LogP contribution in [0.1, 0.15) is 39.6 Å². The molecule has 2 atom stereocenters. The molecule has 3 heterocycles. The minimum atomic E-state index is -4.62. The van der Waals surface area contributed by atoms with Crippen molar-refractivity contribution in [1.29, 1.82) is 0 Å². The third kappa shape index (κ3) is 5.46. The average Bonchev–Trinajstić information content (AvgIpc) is 3.18. The second kappa shape index (κ2) is 9.04. The number of benzene rings is 1. The number of alkyl halides is 3. The van der Waals surface area contributed by atoms with Gasteiger partial charge in [-0.05, 0) is 32.0 Å². The highest BCUT2D eigenvalue weighted by Gasteiger charge is 2.34. The summed E-state index contributed by atoms with van der Waals surface area (Å²) >= 11 is 1.49. The van der Waals surface area contributed by atoms with Crippen LogP contribution in [0.4, 0.5) is 13.2 Å². The van der Waals surface area contributed by atoms with Crippen LogP contribution in [0.15, 0.2) is 36.8 Å². The molecule has 3 aromatic rings. The summed E-state index contributed by atoms with van der Waals surface area (Å²) in [6.45, 7) is 4.27. The van der Waals surface area contributed by atoms with E-state index in [9.17, 15) is 18.0 Å². The molecule has 1 unspecified atom stereocenters. The summed E-state index contributed by atoms with van der Waals surface area (Å²) in [6, 6.07) is 4.53. The molecule has 1 aliphatic heterocycles. The Kier molecular flexibility index (Phi) is 6.32. The van der Waals surface area contributed by atoms with Gasteiger partial charge in [0, 0.05) is 47.2 Å². The molecule has 0 radical (unpaired) electrons. The maximum atomic E-state index is 13.0. The zero-order valence-electron chi connectivity index (χ0n) is 18.0. The van der Waals surface area contributed by atoms with Crippen LogP contribution in [-0.2, 0) is 6.18 Å². The number of aryl methyl sites for hydroxylation is 1. The SMILES string of the molecule is Cc1cnc(-c2cc(OC3CN(C)N3)cc(C(=O)N[C@H](C)c3cnc(C(F)(F)F)nc3)c2)s1. The predicted octanol–water partition coefficient (Wildman–Crippen LogP) is 3.57. The number of halogens is 3. The summed E-state index contributed by atoms with van der Waals surface area (Å²) in [6.07, 6.45) is -0.962. The van der Waals surface area contributed by atoms with Crippen LogP contribution in [0.3, 0.4) is 0 Å². The monoisotopic (exact) mass is 478 g/mol. The number of amides is 1. The number of hydrogen-bond donors (Lipinski definition) is 2. The van der Waals surface area contributed by atoms with E-state index in [-0.39, 0.29) is 6.23 Å². The first-order valence-corrected chi connectivity index (χ1v) is 10.8. The topological polar surface area (TPSA) is 92.3 Å². The van der Waals surface area contributed by atoms with Gasteiger partial charge in [-0.25, -0.2) is 25.4 Å². The Morgan fingerprint density at radius 3 is 2.52 bits per heavy atom. The molecule has 0 aliphatic carbocycles. The molecule has 0 spiro atoms. The summed E-state index contributed by atoms with van der Waals surface area (Å²) in [5.74, 6) is -1.14. The number of nitrogens with zero attached hydrogens (tertiary/aromatic N) is 4. The Hall–Kier alpha value is -3.09. The van der Waals surface area contributed by atoms with E-state index in [4.69, 9.17) is 4.74 Å². The number of hydrazine groups is 1. The standard InChI is InChI=1S/C21H21F3N6O2S/c1-11-7-25-19(33-11)14-4-13(5-16(6-14)32-17-10-30(3)29-17)18(31)28-12(2)15-8-26-20(27-9-15)21(22,23)24/h4-9,12,17,29H,10H2,1-3H3,(H,28,31)/t12-,17?/m1/s1. The van der Waals surface area contributed by atoms with E-state index in [2.05, 4.69) is 25.7 Å².